The van der Waals surface area contributed by atoms with Crippen LogP contribution >= 0.6 is 0 Å². The topological polar surface area (TPSA) is 55.3 Å². The van der Waals surface area contributed by atoms with Gasteiger partial charge in [0, 0.05) is 31.9 Å². The molecule has 2 aromatic carbocycles. The van der Waals surface area contributed by atoms with Crippen LogP contribution < -0.4 is 10.6 Å². The Hall–Kier alpha value is -2.33. The summed E-state index contributed by atoms with van der Waals surface area (Å²) in [5, 5.41) is 0. The second-order valence-corrected chi connectivity index (χ2v) is 4.88. The molecule has 0 atom stereocenters. The number of hydrogen-bond donors (Lipinski definition) is 1. The van der Waals surface area contributed by atoms with Gasteiger partial charge in [0.1, 0.15) is 5.52 Å². The minimum absolute atomic E-state index is 0.571. The van der Waals surface area contributed by atoms with E-state index in [4.69, 9.17) is 10.2 Å². The standard InChI is InChI=1S/C16H17N3O/c1-19(10-13-4-2-3-12(7-13)9-17)14-5-6-15-16(8-14)20-11-18-15/h2-8,11H,9-10,17H2,1H3. The summed E-state index contributed by atoms with van der Waals surface area (Å²) in [6, 6.07) is 14.4. The van der Waals surface area contributed by atoms with Crippen LogP contribution in [0.4, 0.5) is 5.69 Å². The first kappa shape index (κ1) is 12.7. The molecule has 0 fully saturated rings. The summed E-state index contributed by atoms with van der Waals surface area (Å²) < 4.78 is 5.34. The SMILES string of the molecule is CN(Cc1cccc(CN)c1)c1ccc2ncoc2c1. The van der Waals surface area contributed by atoms with E-state index in [9.17, 15) is 0 Å². The highest BCUT2D eigenvalue weighted by molar-refractivity contribution is 5.77. The highest BCUT2D eigenvalue weighted by atomic mass is 16.3. The number of fused-ring (bicyclic) bond motifs is 1. The van der Waals surface area contributed by atoms with Gasteiger partial charge in [-0.1, -0.05) is 24.3 Å². The minimum Gasteiger partial charge on any atom is -0.443 e. The van der Waals surface area contributed by atoms with E-state index in [1.165, 1.54) is 12.0 Å². The normalized spacial score (nSPS) is 10.9. The van der Waals surface area contributed by atoms with Crippen LogP contribution in [-0.4, -0.2) is 12.0 Å². The largest absolute Gasteiger partial charge is 0.443 e. The Kier molecular flexibility index (Phi) is 3.39. The molecular formula is C16H17N3O. The molecule has 0 unspecified atom stereocenters. The Labute approximate surface area is 117 Å². The molecule has 102 valence electrons. The van der Waals surface area contributed by atoms with Crippen LogP contribution in [0.25, 0.3) is 11.1 Å². The molecule has 0 aliphatic heterocycles. The predicted octanol–water partition coefficient (Wildman–Crippen LogP) is 2.92. The third-order valence-electron chi connectivity index (χ3n) is 3.40. The van der Waals surface area contributed by atoms with Crippen molar-refractivity contribution in [3.8, 4) is 0 Å². The fourth-order valence-electron chi connectivity index (χ4n) is 2.30. The van der Waals surface area contributed by atoms with Crippen molar-refractivity contribution in [1.29, 1.82) is 0 Å². The van der Waals surface area contributed by atoms with Crippen molar-refractivity contribution in [1.82, 2.24) is 4.98 Å². The zero-order chi connectivity index (χ0) is 13.9. The third kappa shape index (κ3) is 2.51. The van der Waals surface area contributed by atoms with Crippen molar-refractivity contribution in [2.45, 2.75) is 13.1 Å². The van der Waals surface area contributed by atoms with E-state index in [0.717, 1.165) is 28.9 Å². The van der Waals surface area contributed by atoms with Crippen molar-refractivity contribution in [3.05, 3.63) is 60.0 Å². The van der Waals surface area contributed by atoms with Crippen molar-refractivity contribution in [3.63, 3.8) is 0 Å². The number of rotatable bonds is 4. The molecule has 3 rings (SSSR count). The van der Waals surface area contributed by atoms with Gasteiger partial charge in [0.05, 0.1) is 0 Å². The van der Waals surface area contributed by atoms with Crippen molar-refractivity contribution in [2.24, 2.45) is 5.73 Å². The van der Waals surface area contributed by atoms with Gasteiger partial charge < -0.3 is 15.1 Å². The monoisotopic (exact) mass is 267 g/mol. The molecule has 0 spiro atoms. The second-order valence-electron chi connectivity index (χ2n) is 4.88. The smallest absolute Gasteiger partial charge is 0.181 e. The van der Waals surface area contributed by atoms with Gasteiger partial charge in [-0.05, 0) is 23.3 Å². The zero-order valence-corrected chi connectivity index (χ0v) is 11.4. The molecule has 3 aromatic rings. The molecule has 2 N–H and O–H groups in total. The Morgan fingerprint density at radius 1 is 1.15 bits per heavy atom. The average molecular weight is 267 g/mol. The maximum absolute atomic E-state index is 5.68. The van der Waals surface area contributed by atoms with Gasteiger partial charge in [0.2, 0.25) is 0 Å². The molecule has 0 saturated heterocycles. The van der Waals surface area contributed by atoms with Gasteiger partial charge in [0.15, 0.2) is 12.0 Å². The van der Waals surface area contributed by atoms with Crippen LogP contribution in [0.15, 0.2) is 53.3 Å². The predicted molar refractivity (Wildman–Crippen MR) is 80.4 cm³/mol. The quantitative estimate of drug-likeness (QED) is 0.789. The van der Waals surface area contributed by atoms with E-state index in [-0.39, 0.29) is 0 Å². The van der Waals surface area contributed by atoms with Crippen LogP contribution in [-0.2, 0) is 13.1 Å². The summed E-state index contributed by atoms with van der Waals surface area (Å²) in [5.74, 6) is 0. The number of nitrogens with zero attached hydrogens (tertiary/aromatic N) is 2. The fourth-order valence-corrected chi connectivity index (χ4v) is 2.30. The number of anilines is 1. The Morgan fingerprint density at radius 3 is 2.85 bits per heavy atom. The van der Waals surface area contributed by atoms with E-state index in [2.05, 4.69) is 35.1 Å². The summed E-state index contributed by atoms with van der Waals surface area (Å²) in [6.07, 6.45) is 1.47. The number of benzene rings is 2. The summed E-state index contributed by atoms with van der Waals surface area (Å²) in [4.78, 5) is 6.30. The first-order valence-corrected chi connectivity index (χ1v) is 6.58. The molecule has 1 heterocycles. The summed E-state index contributed by atoms with van der Waals surface area (Å²) in [5.41, 5.74) is 10.9. The molecule has 0 bridgehead atoms. The molecule has 0 amide bonds. The fraction of sp³-hybridized carbons (Fsp3) is 0.188. The highest BCUT2D eigenvalue weighted by Gasteiger charge is 2.06. The lowest BCUT2D eigenvalue weighted by molar-refractivity contribution is 0.602. The molecular weight excluding hydrogens is 250 g/mol. The van der Waals surface area contributed by atoms with Gasteiger partial charge in [-0.25, -0.2) is 4.98 Å². The van der Waals surface area contributed by atoms with Crippen LogP contribution in [0, 0.1) is 0 Å². The second kappa shape index (κ2) is 5.35. The third-order valence-corrected chi connectivity index (χ3v) is 3.40. The first-order chi connectivity index (χ1) is 9.76. The van der Waals surface area contributed by atoms with Crippen molar-refractivity contribution >= 4 is 16.8 Å². The number of nitrogens with two attached hydrogens (primary N) is 1. The Morgan fingerprint density at radius 2 is 2.00 bits per heavy atom. The molecule has 20 heavy (non-hydrogen) atoms. The minimum atomic E-state index is 0.571. The average Bonchev–Trinajstić information content (AvgIpc) is 2.94. The summed E-state index contributed by atoms with van der Waals surface area (Å²) in [7, 11) is 2.06. The molecule has 0 saturated carbocycles. The van der Waals surface area contributed by atoms with Crippen LogP contribution in [0.2, 0.25) is 0 Å². The van der Waals surface area contributed by atoms with Gasteiger partial charge in [-0.2, -0.15) is 0 Å². The van der Waals surface area contributed by atoms with Crippen LogP contribution in [0.5, 0.6) is 0 Å². The van der Waals surface area contributed by atoms with Crippen molar-refractivity contribution in [2.75, 3.05) is 11.9 Å². The summed E-state index contributed by atoms with van der Waals surface area (Å²) in [6.45, 7) is 1.40. The number of hydrogen-bond acceptors (Lipinski definition) is 4. The number of oxazole rings is 1. The molecule has 4 nitrogen and oxygen atoms in total. The van der Waals surface area contributed by atoms with E-state index < -0.39 is 0 Å². The lowest BCUT2D eigenvalue weighted by atomic mass is 10.1. The van der Waals surface area contributed by atoms with Gasteiger partial charge in [0.25, 0.3) is 0 Å². The first-order valence-electron chi connectivity index (χ1n) is 6.58. The molecule has 0 aliphatic rings. The van der Waals surface area contributed by atoms with E-state index in [0.29, 0.717) is 6.54 Å². The molecule has 0 radical (unpaired) electrons. The lowest BCUT2D eigenvalue weighted by Crippen LogP contribution is -2.16. The molecule has 4 heteroatoms. The molecule has 0 aliphatic carbocycles. The van der Waals surface area contributed by atoms with Gasteiger partial charge in [-0.15, -0.1) is 0 Å². The lowest BCUT2D eigenvalue weighted by Gasteiger charge is -2.19. The van der Waals surface area contributed by atoms with Gasteiger partial charge in [-0.3, -0.25) is 0 Å². The highest BCUT2D eigenvalue weighted by Crippen LogP contribution is 2.22. The molecule has 1 aromatic heterocycles. The maximum Gasteiger partial charge on any atom is 0.181 e. The Bertz CT molecular complexity index is 720. The van der Waals surface area contributed by atoms with Crippen LogP contribution in [0.1, 0.15) is 11.1 Å². The Balaban J connectivity index is 1.82. The van der Waals surface area contributed by atoms with Crippen LogP contribution in [0.3, 0.4) is 0 Å². The van der Waals surface area contributed by atoms with E-state index in [1.54, 1.807) is 0 Å². The van der Waals surface area contributed by atoms with Crippen molar-refractivity contribution < 1.29 is 4.42 Å². The zero-order valence-electron chi connectivity index (χ0n) is 11.4. The maximum atomic E-state index is 5.68. The van der Waals surface area contributed by atoms with Gasteiger partial charge >= 0.3 is 0 Å². The summed E-state index contributed by atoms with van der Waals surface area (Å²) >= 11 is 0. The number of aromatic nitrogens is 1. The van der Waals surface area contributed by atoms with E-state index in [1.807, 2.05) is 24.3 Å². The van der Waals surface area contributed by atoms with E-state index >= 15 is 0 Å².